The second-order valence-electron chi connectivity index (χ2n) is 5.31. The Labute approximate surface area is 95.3 Å². The molecule has 0 unspecified atom stereocenters. The highest BCUT2D eigenvalue weighted by Gasteiger charge is 2.48. The zero-order valence-electron chi connectivity index (χ0n) is 9.77. The van der Waals surface area contributed by atoms with Crippen molar-refractivity contribution in [1.82, 2.24) is 4.90 Å². The quantitative estimate of drug-likeness (QED) is 0.674. The summed E-state index contributed by atoms with van der Waals surface area (Å²) in [7, 11) is 0. The maximum atomic E-state index is 13.0. The van der Waals surface area contributed by atoms with E-state index < -0.39 is 5.92 Å². The fourth-order valence-corrected chi connectivity index (χ4v) is 2.22. The normalized spacial score (nSPS) is 26.7. The summed E-state index contributed by atoms with van der Waals surface area (Å²) in [5.41, 5.74) is 0.124. The molecule has 2 nitrogen and oxygen atoms in total. The van der Waals surface area contributed by atoms with E-state index in [0.29, 0.717) is 18.9 Å². The highest BCUT2D eigenvalue weighted by molar-refractivity contribution is 4.98. The first-order valence-corrected chi connectivity index (χ1v) is 5.79. The zero-order chi connectivity index (χ0) is 11.8. The molecule has 16 heavy (non-hydrogen) atoms. The molecule has 1 heterocycles. The smallest absolute Gasteiger partial charge is 0.261 e. The van der Waals surface area contributed by atoms with Crippen molar-refractivity contribution in [3.05, 3.63) is 12.3 Å². The molecule has 1 saturated heterocycles. The molecule has 0 aromatic rings. The molecular weight excluding hydrogens is 212 g/mol. The Morgan fingerprint density at radius 1 is 1.38 bits per heavy atom. The van der Waals surface area contributed by atoms with E-state index in [-0.39, 0.29) is 18.4 Å². The summed E-state index contributed by atoms with van der Waals surface area (Å²) < 4.78 is 31.5. The highest BCUT2D eigenvalue weighted by atomic mass is 19.3. The SMILES string of the molecule is C=C(C)OCC1(CN2CCC(F)(F)C2)CC1. The predicted octanol–water partition coefficient (Wildman–Crippen LogP) is 2.66. The van der Waals surface area contributed by atoms with Gasteiger partial charge in [0.1, 0.15) is 0 Å². The number of likely N-dealkylation sites (tertiary alicyclic amines) is 1. The van der Waals surface area contributed by atoms with Crippen molar-refractivity contribution in [2.75, 3.05) is 26.2 Å². The molecule has 1 saturated carbocycles. The first-order valence-electron chi connectivity index (χ1n) is 5.79. The van der Waals surface area contributed by atoms with Crippen LogP contribution in [0.4, 0.5) is 8.78 Å². The van der Waals surface area contributed by atoms with Crippen LogP contribution in [-0.2, 0) is 4.74 Å². The van der Waals surface area contributed by atoms with Crippen LogP contribution >= 0.6 is 0 Å². The number of alkyl halides is 2. The highest BCUT2D eigenvalue weighted by Crippen LogP contribution is 2.47. The van der Waals surface area contributed by atoms with E-state index >= 15 is 0 Å². The topological polar surface area (TPSA) is 12.5 Å². The number of hydrogen-bond acceptors (Lipinski definition) is 2. The van der Waals surface area contributed by atoms with Gasteiger partial charge in [0.15, 0.2) is 0 Å². The minimum atomic E-state index is -2.48. The van der Waals surface area contributed by atoms with Gasteiger partial charge in [0.2, 0.25) is 0 Å². The van der Waals surface area contributed by atoms with Crippen molar-refractivity contribution >= 4 is 0 Å². The molecular formula is C12H19F2NO. The zero-order valence-corrected chi connectivity index (χ0v) is 9.77. The van der Waals surface area contributed by atoms with Crippen LogP contribution in [0.2, 0.25) is 0 Å². The van der Waals surface area contributed by atoms with Crippen LogP contribution in [0.5, 0.6) is 0 Å². The summed E-state index contributed by atoms with van der Waals surface area (Å²) in [5.74, 6) is -1.77. The third-order valence-corrected chi connectivity index (χ3v) is 3.39. The Hall–Kier alpha value is -0.640. The van der Waals surface area contributed by atoms with E-state index in [1.54, 1.807) is 0 Å². The molecule has 0 aromatic carbocycles. The summed E-state index contributed by atoms with van der Waals surface area (Å²) in [4.78, 5) is 1.87. The average Bonchev–Trinajstić information content (AvgIpc) is 2.84. The molecule has 0 spiro atoms. The minimum Gasteiger partial charge on any atom is -0.498 e. The summed E-state index contributed by atoms with van der Waals surface area (Å²) in [6.45, 7) is 7.31. The number of halogens is 2. The van der Waals surface area contributed by atoms with Gasteiger partial charge in [-0.25, -0.2) is 8.78 Å². The lowest BCUT2D eigenvalue weighted by atomic mass is 10.1. The lowest BCUT2D eigenvalue weighted by molar-refractivity contribution is 0.00857. The molecule has 1 aliphatic heterocycles. The van der Waals surface area contributed by atoms with E-state index in [1.165, 1.54) is 0 Å². The Kier molecular flexibility index (Phi) is 2.95. The van der Waals surface area contributed by atoms with Gasteiger partial charge in [-0.2, -0.15) is 0 Å². The third-order valence-electron chi connectivity index (χ3n) is 3.39. The minimum absolute atomic E-state index is 0.00439. The van der Waals surface area contributed by atoms with Crippen molar-refractivity contribution in [1.29, 1.82) is 0 Å². The standard InChI is InChI=1S/C12H19F2NO/c1-10(2)16-9-11(3-4-11)7-15-6-5-12(13,14)8-15/h1,3-9H2,2H3. The van der Waals surface area contributed by atoms with Crippen molar-refractivity contribution in [3.63, 3.8) is 0 Å². The van der Waals surface area contributed by atoms with Crippen LogP contribution in [0.25, 0.3) is 0 Å². The Balaban J connectivity index is 1.79. The fourth-order valence-electron chi connectivity index (χ4n) is 2.22. The molecule has 0 bridgehead atoms. The van der Waals surface area contributed by atoms with E-state index in [2.05, 4.69) is 6.58 Å². The molecule has 0 aromatic heterocycles. The van der Waals surface area contributed by atoms with Crippen LogP contribution in [0.1, 0.15) is 26.2 Å². The van der Waals surface area contributed by atoms with Crippen molar-refractivity contribution in [3.8, 4) is 0 Å². The Morgan fingerprint density at radius 2 is 2.06 bits per heavy atom. The van der Waals surface area contributed by atoms with Crippen LogP contribution in [0.3, 0.4) is 0 Å². The largest absolute Gasteiger partial charge is 0.498 e. The van der Waals surface area contributed by atoms with E-state index in [1.807, 2.05) is 11.8 Å². The predicted molar refractivity (Wildman–Crippen MR) is 58.4 cm³/mol. The lowest BCUT2D eigenvalue weighted by Crippen LogP contribution is -2.32. The molecule has 92 valence electrons. The van der Waals surface area contributed by atoms with Gasteiger partial charge >= 0.3 is 0 Å². The van der Waals surface area contributed by atoms with Gasteiger partial charge in [-0.05, 0) is 19.8 Å². The average molecular weight is 231 g/mol. The van der Waals surface area contributed by atoms with Gasteiger partial charge in [-0.15, -0.1) is 0 Å². The van der Waals surface area contributed by atoms with Crippen molar-refractivity contribution in [2.24, 2.45) is 5.41 Å². The van der Waals surface area contributed by atoms with Gasteiger partial charge in [0, 0.05) is 24.9 Å². The summed E-state index contributed by atoms with van der Waals surface area (Å²) in [5, 5.41) is 0. The molecule has 4 heteroatoms. The molecule has 1 aliphatic carbocycles. The van der Waals surface area contributed by atoms with Gasteiger partial charge in [-0.1, -0.05) is 6.58 Å². The van der Waals surface area contributed by atoms with Crippen molar-refractivity contribution in [2.45, 2.75) is 32.1 Å². The van der Waals surface area contributed by atoms with Gasteiger partial charge in [0.05, 0.1) is 18.9 Å². The maximum absolute atomic E-state index is 13.0. The van der Waals surface area contributed by atoms with Gasteiger partial charge in [-0.3, -0.25) is 4.90 Å². The Bertz CT molecular complexity index is 287. The molecule has 0 N–H and O–H groups in total. The second-order valence-corrected chi connectivity index (χ2v) is 5.31. The number of nitrogens with zero attached hydrogens (tertiary/aromatic N) is 1. The van der Waals surface area contributed by atoms with Crippen LogP contribution < -0.4 is 0 Å². The number of rotatable bonds is 5. The first kappa shape index (κ1) is 11.8. The molecule has 2 aliphatic rings. The first-order chi connectivity index (χ1) is 7.41. The summed E-state index contributed by atoms with van der Waals surface area (Å²) >= 11 is 0. The van der Waals surface area contributed by atoms with Crippen LogP contribution in [0, 0.1) is 5.41 Å². The molecule has 0 atom stereocenters. The molecule has 0 amide bonds. The third kappa shape index (κ3) is 2.94. The number of allylic oxidation sites excluding steroid dienone is 1. The second kappa shape index (κ2) is 3.99. The Morgan fingerprint density at radius 3 is 2.50 bits per heavy atom. The fraction of sp³-hybridized carbons (Fsp3) is 0.833. The maximum Gasteiger partial charge on any atom is 0.261 e. The summed E-state index contributed by atoms with van der Waals surface area (Å²) in [6.07, 6.45) is 2.18. The van der Waals surface area contributed by atoms with Gasteiger partial charge < -0.3 is 4.74 Å². The molecule has 0 radical (unpaired) electrons. The monoisotopic (exact) mass is 231 g/mol. The van der Waals surface area contributed by atoms with Gasteiger partial charge in [0.25, 0.3) is 5.92 Å². The number of ether oxygens (including phenoxy) is 1. The molecule has 2 rings (SSSR count). The summed E-state index contributed by atoms with van der Waals surface area (Å²) in [6, 6.07) is 0. The number of hydrogen-bond donors (Lipinski definition) is 0. The van der Waals surface area contributed by atoms with E-state index in [4.69, 9.17) is 4.74 Å². The van der Waals surface area contributed by atoms with Crippen molar-refractivity contribution < 1.29 is 13.5 Å². The lowest BCUT2D eigenvalue weighted by Gasteiger charge is -2.23. The van der Waals surface area contributed by atoms with Crippen LogP contribution in [0.15, 0.2) is 12.3 Å². The van der Waals surface area contributed by atoms with E-state index in [0.717, 1.165) is 19.4 Å². The van der Waals surface area contributed by atoms with E-state index in [9.17, 15) is 8.78 Å². The van der Waals surface area contributed by atoms with Crippen LogP contribution in [-0.4, -0.2) is 37.1 Å². The molecule has 2 fully saturated rings.